The SMILES string of the molecule is CC(C)C1(C(C)C)NC(=O)N(Cc2cnc(C(C)(C)C)nc2)C1=O. The molecule has 1 saturated heterocycles. The Morgan fingerprint density at radius 3 is 1.96 bits per heavy atom. The Hall–Kier alpha value is -1.98. The second-order valence-electron chi connectivity index (χ2n) is 8.16. The van der Waals surface area contributed by atoms with Crippen LogP contribution in [0.25, 0.3) is 0 Å². The molecule has 24 heavy (non-hydrogen) atoms. The van der Waals surface area contributed by atoms with E-state index in [4.69, 9.17) is 0 Å². The van der Waals surface area contributed by atoms with Crippen molar-refractivity contribution in [2.45, 2.75) is 66.0 Å². The summed E-state index contributed by atoms with van der Waals surface area (Å²) < 4.78 is 0. The first kappa shape index (κ1) is 18.4. The first-order chi connectivity index (χ1) is 11.0. The molecule has 0 atom stereocenters. The summed E-state index contributed by atoms with van der Waals surface area (Å²) >= 11 is 0. The molecular formula is C18H28N4O2. The Bertz CT molecular complexity index is 621. The smallest absolute Gasteiger partial charge is 0.323 e. The lowest BCUT2D eigenvalue weighted by atomic mass is 9.77. The quantitative estimate of drug-likeness (QED) is 0.860. The third-order valence-electron chi connectivity index (χ3n) is 4.70. The van der Waals surface area contributed by atoms with Gasteiger partial charge in [-0.05, 0) is 11.8 Å². The van der Waals surface area contributed by atoms with Crippen LogP contribution in [0.3, 0.4) is 0 Å². The van der Waals surface area contributed by atoms with E-state index in [1.165, 1.54) is 4.90 Å². The van der Waals surface area contributed by atoms with E-state index >= 15 is 0 Å². The molecule has 6 nitrogen and oxygen atoms in total. The van der Waals surface area contributed by atoms with Gasteiger partial charge in [0.25, 0.3) is 5.91 Å². The van der Waals surface area contributed by atoms with E-state index in [1.807, 2.05) is 48.5 Å². The Kier molecular flexibility index (Phi) is 4.70. The minimum absolute atomic E-state index is 0.0125. The summed E-state index contributed by atoms with van der Waals surface area (Å²) in [6.07, 6.45) is 3.39. The van der Waals surface area contributed by atoms with Gasteiger partial charge < -0.3 is 5.32 Å². The summed E-state index contributed by atoms with van der Waals surface area (Å²) in [6, 6.07) is -0.345. The molecule has 0 radical (unpaired) electrons. The van der Waals surface area contributed by atoms with Crippen LogP contribution in [0.1, 0.15) is 59.9 Å². The summed E-state index contributed by atoms with van der Waals surface area (Å²) in [7, 11) is 0. The highest BCUT2D eigenvalue weighted by molar-refractivity contribution is 6.07. The number of hydrogen-bond donors (Lipinski definition) is 1. The van der Waals surface area contributed by atoms with Gasteiger partial charge >= 0.3 is 6.03 Å². The Labute approximate surface area is 144 Å². The van der Waals surface area contributed by atoms with Crippen LogP contribution in [-0.4, -0.2) is 32.3 Å². The molecule has 0 spiro atoms. The molecule has 2 rings (SSSR count). The number of amides is 3. The van der Waals surface area contributed by atoms with E-state index in [0.717, 1.165) is 11.4 Å². The second kappa shape index (κ2) is 6.15. The molecule has 1 aliphatic rings. The van der Waals surface area contributed by atoms with Gasteiger partial charge in [-0.1, -0.05) is 48.5 Å². The van der Waals surface area contributed by atoms with Gasteiger partial charge in [-0.15, -0.1) is 0 Å². The number of imide groups is 1. The number of carbonyl (C=O) groups is 2. The third-order valence-corrected chi connectivity index (χ3v) is 4.70. The van der Waals surface area contributed by atoms with Gasteiger partial charge in [0, 0.05) is 23.4 Å². The molecule has 0 saturated carbocycles. The first-order valence-electron chi connectivity index (χ1n) is 8.45. The molecule has 0 unspecified atom stereocenters. The maximum Gasteiger partial charge on any atom is 0.325 e. The van der Waals surface area contributed by atoms with Crippen molar-refractivity contribution < 1.29 is 9.59 Å². The minimum Gasteiger partial charge on any atom is -0.323 e. The molecule has 1 N–H and O–H groups in total. The zero-order chi connectivity index (χ0) is 18.3. The van der Waals surface area contributed by atoms with Gasteiger partial charge in [0.2, 0.25) is 0 Å². The van der Waals surface area contributed by atoms with E-state index in [9.17, 15) is 9.59 Å². The summed E-state index contributed by atoms with van der Waals surface area (Å²) in [4.78, 5) is 35.4. The third kappa shape index (κ3) is 3.01. The predicted octanol–water partition coefficient (Wildman–Crippen LogP) is 2.88. The number of carbonyl (C=O) groups excluding carboxylic acids is 2. The van der Waals surface area contributed by atoms with Crippen LogP contribution in [0.15, 0.2) is 12.4 Å². The average Bonchev–Trinajstić information content (AvgIpc) is 2.72. The predicted molar refractivity (Wildman–Crippen MR) is 92.2 cm³/mol. The molecule has 1 fully saturated rings. The van der Waals surface area contributed by atoms with Crippen LogP contribution in [0.2, 0.25) is 0 Å². The van der Waals surface area contributed by atoms with Crippen LogP contribution in [0, 0.1) is 11.8 Å². The number of nitrogens with zero attached hydrogens (tertiary/aromatic N) is 3. The van der Waals surface area contributed by atoms with Crippen LogP contribution in [0.4, 0.5) is 4.79 Å². The molecule has 6 heteroatoms. The fraction of sp³-hybridized carbons (Fsp3) is 0.667. The van der Waals surface area contributed by atoms with Crippen molar-refractivity contribution in [2.24, 2.45) is 11.8 Å². The molecule has 0 aliphatic carbocycles. The number of hydrogen-bond acceptors (Lipinski definition) is 4. The lowest BCUT2D eigenvalue weighted by Crippen LogP contribution is -2.55. The molecule has 0 aromatic carbocycles. The largest absolute Gasteiger partial charge is 0.325 e. The standard InChI is InChI=1S/C18H28N4O2/c1-11(2)18(12(3)4)15(23)22(16(24)21-18)10-13-8-19-14(20-9-13)17(5,6)7/h8-9,11-12H,10H2,1-7H3,(H,21,24). The van der Waals surface area contributed by atoms with E-state index in [-0.39, 0.29) is 35.7 Å². The lowest BCUT2D eigenvalue weighted by Gasteiger charge is -2.34. The van der Waals surface area contributed by atoms with Crippen LogP contribution in [0.5, 0.6) is 0 Å². The van der Waals surface area contributed by atoms with Gasteiger partial charge in [0.15, 0.2) is 0 Å². The van der Waals surface area contributed by atoms with Gasteiger partial charge in [-0.25, -0.2) is 14.8 Å². The van der Waals surface area contributed by atoms with Crippen LogP contribution >= 0.6 is 0 Å². The fourth-order valence-corrected chi connectivity index (χ4v) is 3.21. The maximum absolute atomic E-state index is 13.0. The van der Waals surface area contributed by atoms with Crippen molar-refractivity contribution in [2.75, 3.05) is 0 Å². The summed E-state index contributed by atoms with van der Waals surface area (Å²) in [5.41, 5.74) is -0.234. The number of nitrogens with one attached hydrogen (secondary N) is 1. The summed E-state index contributed by atoms with van der Waals surface area (Å²) in [5, 5.41) is 2.92. The highest BCUT2D eigenvalue weighted by atomic mass is 16.2. The highest BCUT2D eigenvalue weighted by Gasteiger charge is 2.54. The maximum atomic E-state index is 13.0. The average molecular weight is 332 g/mol. The molecule has 1 aromatic heterocycles. The van der Waals surface area contributed by atoms with E-state index in [0.29, 0.717) is 0 Å². The summed E-state index contributed by atoms with van der Waals surface area (Å²) in [5.74, 6) is 0.594. The fourth-order valence-electron chi connectivity index (χ4n) is 3.21. The second-order valence-corrected chi connectivity index (χ2v) is 8.16. The molecule has 0 bridgehead atoms. The Morgan fingerprint density at radius 2 is 1.58 bits per heavy atom. The van der Waals surface area contributed by atoms with Gasteiger partial charge in [0.1, 0.15) is 11.4 Å². The highest BCUT2D eigenvalue weighted by Crippen LogP contribution is 2.33. The van der Waals surface area contributed by atoms with Crippen molar-refractivity contribution in [3.8, 4) is 0 Å². The van der Waals surface area contributed by atoms with Crippen molar-refractivity contribution in [3.63, 3.8) is 0 Å². The lowest BCUT2D eigenvalue weighted by molar-refractivity contribution is -0.135. The molecule has 3 amide bonds. The monoisotopic (exact) mass is 332 g/mol. The van der Waals surface area contributed by atoms with Gasteiger partial charge in [-0.3, -0.25) is 9.69 Å². The molecule has 132 valence electrons. The van der Waals surface area contributed by atoms with E-state index < -0.39 is 5.54 Å². The number of rotatable bonds is 4. The van der Waals surface area contributed by atoms with E-state index in [2.05, 4.69) is 15.3 Å². The Balaban J connectivity index is 2.24. The van der Waals surface area contributed by atoms with Gasteiger partial charge in [0.05, 0.1) is 6.54 Å². The van der Waals surface area contributed by atoms with Crippen LogP contribution in [-0.2, 0) is 16.8 Å². The van der Waals surface area contributed by atoms with Gasteiger partial charge in [-0.2, -0.15) is 0 Å². The topological polar surface area (TPSA) is 75.2 Å². The number of aromatic nitrogens is 2. The zero-order valence-corrected chi connectivity index (χ0v) is 15.7. The summed E-state index contributed by atoms with van der Waals surface area (Å²) in [6.45, 7) is 14.2. The minimum atomic E-state index is -0.844. The number of urea groups is 1. The molecular weight excluding hydrogens is 304 g/mol. The first-order valence-corrected chi connectivity index (χ1v) is 8.45. The normalized spacial score (nSPS) is 17.8. The van der Waals surface area contributed by atoms with Crippen molar-refractivity contribution in [1.82, 2.24) is 20.2 Å². The zero-order valence-electron chi connectivity index (χ0n) is 15.7. The molecule has 1 aromatic rings. The molecule has 1 aliphatic heterocycles. The van der Waals surface area contributed by atoms with Crippen molar-refractivity contribution in [3.05, 3.63) is 23.8 Å². The molecule has 2 heterocycles. The van der Waals surface area contributed by atoms with Crippen molar-refractivity contribution in [1.29, 1.82) is 0 Å². The van der Waals surface area contributed by atoms with Crippen LogP contribution < -0.4 is 5.32 Å². The Morgan fingerprint density at radius 1 is 1.08 bits per heavy atom. The van der Waals surface area contributed by atoms with Crippen molar-refractivity contribution >= 4 is 11.9 Å². The van der Waals surface area contributed by atoms with E-state index in [1.54, 1.807) is 12.4 Å².